The number of nitrogens with two attached hydrogens (primary N) is 1. The molecule has 2 aromatic heterocycles. The molecule has 2 heterocycles. The van der Waals surface area contributed by atoms with Crippen LogP contribution in [0.4, 0.5) is 5.69 Å². The molecule has 0 aliphatic rings. The number of aromatic nitrogens is 3. The molecule has 0 aliphatic heterocycles. The van der Waals surface area contributed by atoms with E-state index in [4.69, 9.17) is 10.5 Å². The number of nitrogen functional groups attached to an aromatic ring is 1. The number of rotatable bonds is 4. The Kier molecular flexibility index (Phi) is 3.94. The van der Waals surface area contributed by atoms with Crippen molar-refractivity contribution < 1.29 is 4.74 Å². The second kappa shape index (κ2) is 5.88. The SMILES string of the molecule is CSc1nc(Oc2ccc(N)cc2)c2ccn(C(C)C)c2n1. The summed E-state index contributed by atoms with van der Waals surface area (Å²) in [5, 5.41) is 1.60. The first-order valence-corrected chi connectivity index (χ1v) is 8.27. The Labute approximate surface area is 133 Å². The van der Waals surface area contributed by atoms with E-state index in [0.717, 1.165) is 11.0 Å². The number of anilines is 1. The van der Waals surface area contributed by atoms with Crippen molar-refractivity contribution in [3.05, 3.63) is 36.5 Å². The van der Waals surface area contributed by atoms with Crippen molar-refractivity contribution in [1.29, 1.82) is 0 Å². The zero-order chi connectivity index (χ0) is 15.7. The van der Waals surface area contributed by atoms with Crippen molar-refractivity contribution in [3.8, 4) is 11.6 Å². The molecule has 0 radical (unpaired) electrons. The van der Waals surface area contributed by atoms with Gasteiger partial charge in [0.2, 0.25) is 5.88 Å². The second-order valence-corrected chi connectivity index (χ2v) is 6.01. The number of hydrogen-bond acceptors (Lipinski definition) is 5. The van der Waals surface area contributed by atoms with E-state index in [-0.39, 0.29) is 0 Å². The van der Waals surface area contributed by atoms with Gasteiger partial charge in [-0.15, -0.1) is 0 Å². The van der Waals surface area contributed by atoms with Crippen LogP contribution in [0.5, 0.6) is 11.6 Å². The van der Waals surface area contributed by atoms with Crippen LogP contribution in [0.1, 0.15) is 19.9 Å². The quantitative estimate of drug-likeness (QED) is 0.446. The summed E-state index contributed by atoms with van der Waals surface area (Å²) < 4.78 is 8.07. The minimum atomic E-state index is 0.325. The number of ether oxygens (including phenoxy) is 1. The first kappa shape index (κ1) is 14.7. The zero-order valence-corrected chi connectivity index (χ0v) is 13.6. The summed E-state index contributed by atoms with van der Waals surface area (Å²) in [6.45, 7) is 4.25. The van der Waals surface area contributed by atoms with Crippen LogP contribution in [0.2, 0.25) is 0 Å². The van der Waals surface area contributed by atoms with E-state index in [1.807, 2.05) is 42.8 Å². The highest BCUT2D eigenvalue weighted by Crippen LogP contribution is 2.31. The molecule has 0 fully saturated rings. The summed E-state index contributed by atoms with van der Waals surface area (Å²) in [7, 11) is 0. The summed E-state index contributed by atoms with van der Waals surface area (Å²) >= 11 is 1.50. The fraction of sp³-hybridized carbons (Fsp3) is 0.250. The maximum Gasteiger partial charge on any atom is 0.232 e. The maximum atomic E-state index is 5.95. The van der Waals surface area contributed by atoms with Gasteiger partial charge in [0.15, 0.2) is 5.16 Å². The lowest BCUT2D eigenvalue weighted by molar-refractivity contribution is 0.462. The molecular weight excluding hydrogens is 296 g/mol. The summed E-state index contributed by atoms with van der Waals surface area (Å²) in [5.41, 5.74) is 7.30. The lowest BCUT2D eigenvalue weighted by Crippen LogP contribution is -2.02. The van der Waals surface area contributed by atoms with Gasteiger partial charge in [-0.25, -0.2) is 4.98 Å². The molecule has 0 unspecified atom stereocenters. The molecule has 5 nitrogen and oxygen atoms in total. The van der Waals surface area contributed by atoms with Gasteiger partial charge in [-0.05, 0) is 50.4 Å². The summed E-state index contributed by atoms with van der Waals surface area (Å²) in [4.78, 5) is 9.10. The number of hydrogen-bond donors (Lipinski definition) is 1. The van der Waals surface area contributed by atoms with E-state index in [1.54, 1.807) is 0 Å². The van der Waals surface area contributed by atoms with Gasteiger partial charge in [0.1, 0.15) is 11.4 Å². The van der Waals surface area contributed by atoms with Crippen molar-refractivity contribution in [2.24, 2.45) is 0 Å². The van der Waals surface area contributed by atoms with Crippen LogP contribution < -0.4 is 10.5 Å². The van der Waals surface area contributed by atoms with Crippen molar-refractivity contribution in [1.82, 2.24) is 14.5 Å². The van der Waals surface area contributed by atoms with Gasteiger partial charge in [0.05, 0.1) is 5.39 Å². The van der Waals surface area contributed by atoms with E-state index < -0.39 is 0 Å². The van der Waals surface area contributed by atoms with Crippen LogP contribution in [0, 0.1) is 0 Å². The molecule has 1 aromatic carbocycles. The molecular formula is C16H18N4OS. The van der Waals surface area contributed by atoms with Crippen LogP contribution in [-0.4, -0.2) is 20.8 Å². The molecule has 3 rings (SSSR count). The molecule has 0 bridgehead atoms. The van der Waals surface area contributed by atoms with Crippen LogP contribution in [0.25, 0.3) is 11.0 Å². The molecule has 0 saturated heterocycles. The average Bonchev–Trinajstić information content (AvgIpc) is 2.93. The predicted octanol–water partition coefficient (Wildman–Crippen LogP) is 4.11. The Bertz CT molecular complexity index is 796. The normalized spacial score (nSPS) is 11.3. The standard InChI is InChI=1S/C16H18N4OS/c1-10(2)20-9-8-13-14(20)18-16(22-3)19-15(13)21-12-6-4-11(17)5-7-12/h4-10H,17H2,1-3H3. The molecule has 3 aromatic rings. The molecule has 0 amide bonds. The first-order valence-electron chi connectivity index (χ1n) is 7.04. The minimum Gasteiger partial charge on any atom is -0.438 e. The van der Waals surface area contributed by atoms with Crippen molar-refractivity contribution in [2.75, 3.05) is 12.0 Å². The minimum absolute atomic E-state index is 0.325. The van der Waals surface area contributed by atoms with Gasteiger partial charge in [0, 0.05) is 17.9 Å². The van der Waals surface area contributed by atoms with Crippen molar-refractivity contribution in [2.45, 2.75) is 25.0 Å². The molecule has 0 atom stereocenters. The Hall–Kier alpha value is -2.21. The molecule has 0 saturated carbocycles. The van der Waals surface area contributed by atoms with E-state index in [9.17, 15) is 0 Å². The van der Waals surface area contributed by atoms with E-state index >= 15 is 0 Å². The van der Waals surface area contributed by atoms with Gasteiger partial charge in [-0.2, -0.15) is 4.98 Å². The maximum absolute atomic E-state index is 5.95. The Morgan fingerprint density at radius 2 is 1.86 bits per heavy atom. The highest BCUT2D eigenvalue weighted by Gasteiger charge is 2.14. The summed E-state index contributed by atoms with van der Waals surface area (Å²) in [5.74, 6) is 1.28. The smallest absolute Gasteiger partial charge is 0.232 e. The largest absolute Gasteiger partial charge is 0.438 e. The van der Waals surface area contributed by atoms with Gasteiger partial charge in [-0.3, -0.25) is 0 Å². The molecule has 0 spiro atoms. The monoisotopic (exact) mass is 314 g/mol. The fourth-order valence-corrected chi connectivity index (χ4v) is 2.57. The average molecular weight is 314 g/mol. The highest BCUT2D eigenvalue weighted by molar-refractivity contribution is 7.98. The fourth-order valence-electron chi connectivity index (χ4n) is 2.22. The van der Waals surface area contributed by atoms with E-state index in [0.29, 0.717) is 28.5 Å². The Morgan fingerprint density at radius 1 is 1.14 bits per heavy atom. The third kappa shape index (κ3) is 2.74. The third-order valence-corrected chi connectivity index (χ3v) is 3.90. The predicted molar refractivity (Wildman–Crippen MR) is 90.6 cm³/mol. The summed E-state index contributed by atoms with van der Waals surface area (Å²) in [6.07, 6.45) is 3.97. The van der Waals surface area contributed by atoms with Gasteiger partial charge >= 0.3 is 0 Å². The van der Waals surface area contributed by atoms with Gasteiger partial charge in [-0.1, -0.05) is 11.8 Å². The second-order valence-electron chi connectivity index (χ2n) is 5.24. The van der Waals surface area contributed by atoms with E-state index in [1.165, 1.54) is 11.8 Å². The first-order chi connectivity index (χ1) is 10.6. The van der Waals surface area contributed by atoms with Crippen LogP contribution in [-0.2, 0) is 0 Å². The molecule has 22 heavy (non-hydrogen) atoms. The van der Waals surface area contributed by atoms with Crippen LogP contribution >= 0.6 is 11.8 Å². The number of benzene rings is 1. The Balaban J connectivity index is 2.09. The summed E-state index contributed by atoms with van der Waals surface area (Å²) in [6, 6.07) is 9.60. The number of thioether (sulfide) groups is 1. The number of nitrogens with zero attached hydrogens (tertiary/aromatic N) is 3. The molecule has 2 N–H and O–H groups in total. The highest BCUT2D eigenvalue weighted by atomic mass is 32.2. The molecule has 0 aliphatic carbocycles. The van der Waals surface area contributed by atoms with Gasteiger partial charge in [0.25, 0.3) is 0 Å². The third-order valence-electron chi connectivity index (χ3n) is 3.35. The zero-order valence-electron chi connectivity index (χ0n) is 12.8. The number of fused-ring (bicyclic) bond motifs is 1. The van der Waals surface area contributed by atoms with Crippen molar-refractivity contribution >= 4 is 28.5 Å². The van der Waals surface area contributed by atoms with Crippen molar-refractivity contribution in [3.63, 3.8) is 0 Å². The van der Waals surface area contributed by atoms with E-state index in [2.05, 4.69) is 28.4 Å². The lowest BCUT2D eigenvalue weighted by Gasteiger charge is -2.11. The lowest BCUT2D eigenvalue weighted by atomic mass is 10.3. The molecule has 114 valence electrons. The van der Waals surface area contributed by atoms with Crippen LogP contribution in [0.3, 0.4) is 0 Å². The Morgan fingerprint density at radius 3 is 2.50 bits per heavy atom. The topological polar surface area (TPSA) is 66.0 Å². The molecule has 6 heteroatoms. The van der Waals surface area contributed by atoms with Crippen LogP contribution in [0.15, 0.2) is 41.7 Å². The van der Waals surface area contributed by atoms with Gasteiger partial charge < -0.3 is 15.0 Å².